The van der Waals surface area contributed by atoms with Gasteiger partial charge in [0.05, 0.1) is 24.3 Å². The first-order chi connectivity index (χ1) is 14.5. The molecule has 0 N–H and O–H groups in total. The van der Waals surface area contributed by atoms with Crippen molar-refractivity contribution in [1.29, 1.82) is 0 Å². The van der Waals surface area contributed by atoms with Crippen LogP contribution in [0.2, 0.25) is 0 Å². The van der Waals surface area contributed by atoms with Gasteiger partial charge in [0.1, 0.15) is 11.5 Å². The average molecular weight is 470 g/mol. The molecule has 0 saturated carbocycles. The van der Waals surface area contributed by atoms with Crippen LogP contribution in [0.25, 0.3) is 0 Å². The highest BCUT2D eigenvalue weighted by Crippen LogP contribution is 2.51. The van der Waals surface area contributed by atoms with Gasteiger partial charge in [0.25, 0.3) is 5.69 Å². The summed E-state index contributed by atoms with van der Waals surface area (Å²) in [5.41, 5.74) is 2.54. The quantitative estimate of drug-likeness (QED) is 0.385. The Morgan fingerprint density at radius 2 is 2.07 bits per heavy atom. The van der Waals surface area contributed by atoms with E-state index in [1.54, 1.807) is 25.5 Å². The van der Waals surface area contributed by atoms with E-state index in [0.29, 0.717) is 23.7 Å². The number of furan rings is 1. The number of ether oxygens (including phenoxy) is 2. The van der Waals surface area contributed by atoms with Gasteiger partial charge >= 0.3 is 0 Å². The molecule has 1 aromatic heterocycles. The van der Waals surface area contributed by atoms with Crippen LogP contribution in [0.3, 0.4) is 0 Å². The highest BCUT2D eigenvalue weighted by molar-refractivity contribution is 9.10. The van der Waals surface area contributed by atoms with Crippen LogP contribution in [0.1, 0.15) is 35.6 Å². The smallest absolute Gasteiger partial charge is 0.269 e. The van der Waals surface area contributed by atoms with Crippen LogP contribution in [0.5, 0.6) is 11.5 Å². The molecule has 9 heteroatoms. The molecule has 2 aromatic carbocycles. The molecule has 0 amide bonds. The van der Waals surface area contributed by atoms with E-state index in [1.165, 1.54) is 12.1 Å². The molecule has 0 fully saturated rings. The molecule has 0 radical (unpaired) electrons. The predicted octanol–water partition coefficient (Wildman–Crippen LogP) is 5.20. The van der Waals surface area contributed by atoms with Crippen LogP contribution in [0.15, 0.2) is 68.8 Å². The Hall–Kier alpha value is -3.33. The van der Waals surface area contributed by atoms with Crippen LogP contribution < -0.4 is 9.47 Å². The zero-order valence-electron chi connectivity index (χ0n) is 15.8. The van der Waals surface area contributed by atoms with Gasteiger partial charge in [-0.15, -0.1) is 0 Å². The summed E-state index contributed by atoms with van der Waals surface area (Å²) in [6.07, 6.45) is 1.69. The Kier molecular flexibility index (Phi) is 4.47. The van der Waals surface area contributed by atoms with Gasteiger partial charge in [0.2, 0.25) is 6.23 Å². The van der Waals surface area contributed by atoms with E-state index in [4.69, 9.17) is 19.0 Å². The van der Waals surface area contributed by atoms with Crippen molar-refractivity contribution in [2.75, 3.05) is 7.11 Å². The molecule has 0 spiro atoms. The van der Waals surface area contributed by atoms with Crippen LogP contribution in [-0.4, -0.2) is 22.8 Å². The lowest BCUT2D eigenvalue weighted by Gasteiger charge is -2.38. The van der Waals surface area contributed by atoms with Crippen molar-refractivity contribution in [2.45, 2.75) is 18.7 Å². The number of hydrazone groups is 1. The Morgan fingerprint density at radius 3 is 2.73 bits per heavy atom. The zero-order chi connectivity index (χ0) is 20.8. The normalized spacial score (nSPS) is 19.5. The summed E-state index contributed by atoms with van der Waals surface area (Å²) in [5.74, 6) is 1.95. The fourth-order valence-electron chi connectivity index (χ4n) is 3.85. The third-order valence-corrected chi connectivity index (χ3v) is 5.69. The molecule has 152 valence electrons. The number of methoxy groups -OCH3 is 1. The van der Waals surface area contributed by atoms with Gasteiger partial charge in [0, 0.05) is 34.2 Å². The lowest BCUT2D eigenvalue weighted by Crippen LogP contribution is -2.34. The first-order valence-electron chi connectivity index (χ1n) is 9.23. The molecular formula is C21H16BrN3O5. The highest BCUT2D eigenvalue weighted by Gasteiger charge is 2.43. The number of halogens is 1. The zero-order valence-corrected chi connectivity index (χ0v) is 17.4. The Balaban J connectivity index is 1.62. The number of nitrogens with zero attached hydrogens (tertiary/aromatic N) is 3. The van der Waals surface area contributed by atoms with Gasteiger partial charge in [0.15, 0.2) is 11.5 Å². The van der Waals surface area contributed by atoms with E-state index in [2.05, 4.69) is 15.9 Å². The molecule has 2 aliphatic heterocycles. The summed E-state index contributed by atoms with van der Waals surface area (Å²) in [6, 6.07) is 13.8. The van der Waals surface area contributed by atoms with Crippen LogP contribution in [0, 0.1) is 10.1 Å². The number of fused-ring (bicyclic) bond motifs is 3. The van der Waals surface area contributed by atoms with E-state index >= 15 is 0 Å². The van der Waals surface area contributed by atoms with E-state index in [0.717, 1.165) is 21.3 Å². The second-order valence-corrected chi connectivity index (χ2v) is 7.88. The Morgan fingerprint density at radius 1 is 1.27 bits per heavy atom. The molecular weight excluding hydrogens is 454 g/mol. The van der Waals surface area contributed by atoms with Gasteiger partial charge in [-0.1, -0.05) is 15.9 Å². The minimum atomic E-state index is -0.564. The largest absolute Gasteiger partial charge is 0.493 e. The van der Waals surface area contributed by atoms with Gasteiger partial charge in [-0.3, -0.25) is 10.1 Å². The number of benzene rings is 2. The van der Waals surface area contributed by atoms with E-state index in [-0.39, 0.29) is 11.7 Å². The number of nitro groups is 1. The van der Waals surface area contributed by atoms with Crippen molar-refractivity contribution in [1.82, 2.24) is 5.01 Å². The highest BCUT2D eigenvalue weighted by atomic mass is 79.9. The lowest BCUT2D eigenvalue weighted by atomic mass is 9.97. The number of rotatable bonds is 4. The van der Waals surface area contributed by atoms with Crippen LogP contribution in [0.4, 0.5) is 5.69 Å². The molecule has 3 aromatic rings. The topological polar surface area (TPSA) is 90.3 Å². The van der Waals surface area contributed by atoms with Gasteiger partial charge in [-0.05, 0) is 36.4 Å². The first-order valence-corrected chi connectivity index (χ1v) is 10.0. The minimum Gasteiger partial charge on any atom is -0.493 e. The summed E-state index contributed by atoms with van der Waals surface area (Å²) in [5, 5.41) is 17.7. The van der Waals surface area contributed by atoms with Gasteiger partial charge in [-0.25, -0.2) is 5.01 Å². The number of non-ortho nitro benzene ring substituents is 1. The maximum atomic E-state index is 11.0. The number of nitro benzene ring substituents is 1. The van der Waals surface area contributed by atoms with Crippen molar-refractivity contribution >= 4 is 27.3 Å². The Labute approximate surface area is 180 Å². The molecule has 0 saturated heterocycles. The second kappa shape index (κ2) is 7.17. The molecule has 5 rings (SSSR count). The maximum absolute atomic E-state index is 11.0. The molecule has 8 nitrogen and oxygen atoms in total. The predicted molar refractivity (Wildman–Crippen MR) is 112 cm³/mol. The first kappa shape index (κ1) is 18.7. The third-order valence-electron chi connectivity index (χ3n) is 5.23. The molecule has 0 unspecified atom stereocenters. The minimum absolute atomic E-state index is 0.0224. The molecule has 30 heavy (non-hydrogen) atoms. The SMILES string of the molecule is COc1cc(Br)cc2c1O[C@@H](c1ccc([N+](=O)[O-])cc1)N1N=C(c3ccco3)C[C@@H]21. The van der Waals surface area contributed by atoms with Gasteiger partial charge < -0.3 is 13.9 Å². The second-order valence-electron chi connectivity index (χ2n) is 6.97. The third kappa shape index (κ3) is 3.02. The number of hydrogen-bond donors (Lipinski definition) is 0. The Bertz CT molecular complexity index is 1140. The molecule has 3 heterocycles. The van der Waals surface area contributed by atoms with E-state index in [1.807, 2.05) is 29.3 Å². The molecule has 0 bridgehead atoms. The van der Waals surface area contributed by atoms with Crippen molar-refractivity contribution in [3.8, 4) is 11.5 Å². The summed E-state index contributed by atoms with van der Waals surface area (Å²) < 4.78 is 18.3. The van der Waals surface area contributed by atoms with Crippen molar-refractivity contribution in [2.24, 2.45) is 5.10 Å². The molecule has 2 atom stereocenters. The summed E-state index contributed by atoms with van der Waals surface area (Å²) in [6.45, 7) is 0. The lowest BCUT2D eigenvalue weighted by molar-refractivity contribution is -0.384. The van der Waals surface area contributed by atoms with Crippen molar-refractivity contribution < 1.29 is 18.8 Å². The average Bonchev–Trinajstić information content (AvgIpc) is 3.42. The van der Waals surface area contributed by atoms with Crippen molar-refractivity contribution in [3.05, 3.63) is 86.3 Å². The molecule has 0 aliphatic carbocycles. The van der Waals surface area contributed by atoms with Crippen molar-refractivity contribution in [3.63, 3.8) is 0 Å². The number of hydrogen-bond acceptors (Lipinski definition) is 7. The van der Waals surface area contributed by atoms with E-state index < -0.39 is 11.2 Å². The van der Waals surface area contributed by atoms with Gasteiger partial charge in [-0.2, -0.15) is 5.10 Å². The summed E-state index contributed by atoms with van der Waals surface area (Å²) in [4.78, 5) is 10.6. The maximum Gasteiger partial charge on any atom is 0.269 e. The molecule has 2 aliphatic rings. The fraction of sp³-hybridized carbons (Fsp3) is 0.190. The fourth-order valence-corrected chi connectivity index (χ4v) is 4.30. The summed E-state index contributed by atoms with van der Waals surface area (Å²) >= 11 is 3.54. The standard InChI is InChI=1S/C21H16BrN3O5/c1-28-19-10-13(22)9-15-17-11-16(18-3-2-8-29-18)23-24(17)21(30-20(15)19)12-4-6-14(7-5-12)25(26)27/h2-10,17,21H,11H2,1H3/t17-,21-/m0/s1. The van der Waals surface area contributed by atoms with Crippen LogP contribution >= 0.6 is 15.9 Å². The summed E-state index contributed by atoms with van der Waals surface area (Å²) in [7, 11) is 1.60. The monoisotopic (exact) mass is 469 g/mol. The van der Waals surface area contributed by atoms with E-state index in [9.17, 15) is 10.1 Å². The van der Waals surface area contributed by atoms with Crippen LogP contribution in [-0.2, 0) is 0 Å².